The van der Waals surface area contributed by atoms with Crippen molar-refractivity contribution in [2.45, 2.75) is 6.92 Å². The normalized spacial score (nSPS) is 10.1. The van der Waals surface area contributed by atoms with Gasteiger partial charge in [-0.2, -0.15) is 0 Å². The molecule has 0 amide bonds. The predicted octanol–water partition coefficient (Wildman–Crippen LogP) is 3.54. The summed E-state index contributed by atoms with van der Waals surface area (Å²) in [6.07, 6.45) is 0. The van der Waals surface area contributed by atoms with Crippen molar-refractivity contribution < 1.29 is 0 Å². The van der Waals surface area contributed by atoms with E-state index in [1.165, 1.54) is 16.9 Å². The van der Waals surface area contributed by atoms with Crippen LogP contribution in [0.3, 0.4) is 0 Å². The molecule has 0 saturated heterocycles. The number of nitrogens with one attached hydrogen (secondary N) is 1. The zero-order valence-corrected chi connectivity index (χ0v) is 11.1. The van der Waals surface area contributed by atoms with Crippen molar-refractivity contribution in [3.05, 3.63) is 60.2 Å². The molecule has 0 bridgehead atoms. The second kappa shape index (κ2) is 6.10. The molecule has 0 fully saturated rings. The number of aryl methyl sites for hydroxylation is 1. The van der Waals surface area contributed by atoms with Crippen LogP contribution in [0.2, 0.25) is 0 Å². The third-order valence-electron chi connectivity index (χ3n) is 3.02. The van der Waals surface area contributed by atoms with E-state index in [0.29, 0.717) is 0 Å². The topological polar surface area (TPSA) is 15.3 Å². The van der Waals surface area contributed by atoms with E-state index >= 15 is 0 Å². The highest BCUT2D eigenvalue weighted by molar-refractivity contribution is 5.47. The fourth-order valence-corrected chi connectivity index (χ4v) is 1.85. The first-order valence-corrected chi connectivity index (χ1v) is 6.32. The Morgan fingerprint density at radius 3 is 2.28 bits per heavy atom. The smallest absolute Gasteiger partial charge is 0.0364 e. The lowest BCUT2D eigenvalue weighted by Gasteiger charge is -2.20. The Bertz CT molecular complexity index is 462. The van der Waals surface area contributed by atoms with Crippen LogP contribution < -0.4 is 10.2 Å². The quantitative estimate of drug-likeness (QED) is 0.860. The zero-order chi connectivity index (χ0) is 12.8. The Kier molecular flexibility index (Phi) is 4.24. The summed E-state index contributed by atoms with van der Waals surface area (Å²) in [6, 6.07) is 18.9. The van der Waals surface area contributed by atoms with Crippen LogP contribution in [-0.2, 0) is 0 Å². The van der Waals surface area contributed by atoms with E-state index in [0.717, 1.165) is 13.1 Å². The summed E-state index contributed by atoms with van der Waals surface area (Å²) < 4.78 is 0. The minimum absolute atomic E-state index is 0.939. The molecule has 2 heteroatoms. The van der Waals surface area contributed by atoms with E-state index in [1.807, 2.05) is 18.2 Å². The van der Waals surface area contributed by atoms with Crippen molar-refractivity contribution in [1.82, 2.24) is 0 Å². The molecule has 2 rings (SSSR count). The van der Waals surface area contributed by atoms with Gasteiger partial charge in [-0.1, -0.05) is 35.9 Å². The highest BCUT2D eigenvalue weighted by Gasteiger charge is 1.99. The number of nitrogens with zero attached hydrogens (tertiary/aromatic N) is 1. The molecule has 0 aromatic heterocycles. The standard InChI is InChI=1S/C16H20N2/c1-14-8-10-16(11-9-14)18(2)13-12-17-15-6-4-3-5-7-15/h3-11,17H,12-13H2,1-2H3. The van der Waals surface area contributed by atoms with Gasteiger partial charge in [0.1, 0.15) is 0 Å². The lowest BCUT2D eigenvalue weighted by Crippen LogP contribution is -2.24. The maximum Gasteiger partial charge on any atom is 0.0364 e. The van der Waals surface area contributed by atoms with Crippen molar-refractivity contribution in [2.24, 2.45) is 0 Å². The first-order valence-electron chi connectivity index (χ1n) is 6.32. The average Bonchev–Trinajstić information content (AvgIpc) is 2.40. The van der Waals surface area contributed by atoms with E-state index < -0.39 is 0 Å². The largest absolute Gasteiger partial charge is 0.383 e. The number of benzene rings is 2. The summed E-state index contributed by atoms with van der Waals surface area (Å²) in [5.41, 5.74) is 3.74. The molecule has 1 N–H and O–H groups in total. The highest BCUT2D eigenvalue weighted by Crippen LogP contribution is 2.13. The minimum atomic E-state index is 0.939. The van der Waals surface area contributed by atoms with Gasteiger partial charge in [0.25, 0.3) is 0 Å². The van der Waals surface area contributed by atoms with Crippen LogP contribution in [-0.4, -0.2) is 20.1 Å². The van der Waals surface area contributed by atoms with Crippen molar-refractivity contribution in [3.8, 4) is 0 Å². The summed E-state index contributed by atoms with van der Waals surface area (Å²) in [7, 11) is 2.12. The monoisotopic (exact) mass is 240 g/mol. The lowest BCUT2D eigenvalue weighted by atomic mass is 10.2. The first kappa shape index (κ1) is 12.5. The van der Waals surface area contributed by atoms with Crippen molar-refractivity contribution in [3.63, 3.8) is 0 Å². The molecule has 2 aromatic carbocycles. The van der Waals surface area contributed by atoms with Crippen LogP contribution in [0.5, 0.6) is 0 Å². The van der Waals surface area contributed by atoms with E-state index in [1.54, 1.807) is 0 Å². The number of hydrogen-bond acceptors (Lipinski definition) is 2. The van der Waals surface area contributed by atoms with Gasteiger partial charge in [0, 0.05) is 31.5 Å². The van der Waals surface area contributed by atoms with Gasteiger partial charge >= 0.3 is 0 Å². The van der Waals surface area contributed by atoms with Crippen LogP contribution in [0, 0.1) is 6.92 Å². The van der Waals surface area contributed by atoms with Crippen molar-refractivity contribution in [1.29, 1.82) is 0 Å². The second-order valence-corrected chi connectivity index (χ2v) is 4.55. The molecule has 0 radical (unpaired) electrons. The Hall–Kier alpha value is -1.96. The van der Waals surface area contributed by atoms with Gasteiger partial charge < -0.3 is 10.2 Å². The SMILES string of the molecule is Cc1ccc(N(C)CCNc2ccccc2)cc1. The molecule has 0 aliphatic carbocycles. The average molecular weight is 240 g/mol. The van der Waals surface area contributed by atoms with E-state index in [4.69, 9.17) is 0 Å². The van der Waals surface area contributed by atoms with Gasteiger partial charge in [0.2, 0.25) is 0 Å². The molecule has 0 heterocycles. The molecule has 0 aliphatic heterocycles. The summed E-state index contributed by atoms with van der Waals surface area (Å²) in [5.74, 6) is 0. The molecule has 0 saturated carbocycles. The number of anilines is 2. The number of para-hydroxylation sites is 1. The molecule has 0 unspecified atom stereocenters. The van der Waals surface area contributed by atoms with Crippen LogP contribution in [0.4, 0.5) is 11.4 Å². The fraction of sp³-hybridized carbons (Fsp3) is 0.250. The lowest BCUT2D eigenvalue weighted by molar-refractivity contribution is 0.914. The molecule has 94 valence electrons. The molecule has 0 atom stereocenters. The van der Waals surface area contributed by atoms with Gasteiger partial charge in [-0.25, -0.2) is 0 Å². The van der Waals surface area contributed by atoms with Gasteiger partial charge in [0.15, 0.2) is 0 Å². The first-order chi connectivity index (χ1) is 8.75. The van der Waals surface area contributed by atoms with E-state index in [9.17, 15) is 0 Å². The second-order valence-electron chi connectivity index (χ2n) is 4.55. The number of rotatable bonds is 5. The Morgan fingerprint density at radius 1 is 0.944 bits per heavy atom. The van der Waals surface area contributed by atoms with E-state index in [2.05, 4.69) is 60.6 Å². The van der Waals surface area contributed by atoms with E-state index in [-0.39, 0.29) is 0 Å². The van der Waals surface area contributed by atoms with Gasteiger partial charge in [0.05, 0.1) is 0 Å². The summed E-state index contributed by atoms with van der Waals surface area (Å²) in [5, 5.41) is 3.42. The summed E-state index contributed by atoms with van der Waals surface area (Å²) >= 11 is 0. The van der Waals surface area contributed by atoms with Crippen molar-refractivity contribution >= 4 is 11.4 Å². The molecule has 0 aliphatic rings. The third-order valence-corrected chi connectivity index (χ3v) is 3.02. The van der Waals surface area contributed by atoms with Gasteiger partial charge in [-0.15, -0.1) is 0 Å². The van der Waals surface area contributed by atoms with Crippen LogP contribution >= 0.6 is 0 Å². The molecular formula is C16H20N2. The summed E-state index contributed by atoms with van der Waals surface area (Å²) in [4.78, 5) is 2.26. The van der Waals surface area contributed by atoms with Crippen LogP contribution in [0.25, 0.3) is 0 Å². The number of likely N-dealkylation sites (N-methyl/N-ethyl adjacent to an activating group) is 1. The minimum Gasteiger partial charge on any atom is -0.383 e. The summed E-state index contributed by atoms with van der Waals surface area (Å²) in [6.45, 7) is 4.03. The molecular weight excluding hydrogens is 220 g/mol. The Balaban J connectivity index is 1.81. The number of hydrogen-bond donors (Lipinski definition) is 1. The molecule has 2 nitrogen and oxygen atoms in total. The molecule has 2 aromatic rings. The Morgan fingerprint density at radius 2 is 1.61 bits per heavy atom. The zero-order valence-electron chi connectivity index (χ0n) is 11.1. The third kappa shape index (κ3) is 3.52. The fourth-order valence-electron chi connectivity index (χ4n) is 1.85. The maximum atomic E-state index is 3.42. The molecule has 18 heavy (non-hydrogen) atoms. The van der Waals surface area contributed by atoms with Gasteiger partial charge in [-0.05, 0) is 31.2 Å². The maximum absolute atomic E-state index is 3.42. The Labute approximate surface area is 109 Å². The predicted molar refractivity (Wildman–Crippen MR) is 79.4 cm³/mol. The van der Waals surface area contributed by atoms with Crippen LogP contribution in [0.15, 0.2) is 54.6 Å². The van der Waals surface area contributed by atoms with Crippen molar-refractivity contribution in [2.75, 3.05) is 30.4 Å². The van der Waals surface area contributed by atoms with Crippen LogP contribution in [0.1, 0.15) is 5.56 Å². The highest BCUT2D eigenvalue weighted by atomic mass is 15.1. The molecule has 0 spiro atoms. The van der Waals surface area contributed by atoms with Gasteiger partial charge in [-0.3, -0.25) is 0 Å².